The first kappa shape index (κ1) is 11.2. The Morgan fingerprint density at radius 2 is 1.75 bits per heavy atom. The molecule has 0 fully saturated rings. The standard InChI is InChI=1S/C10H5BrF3NO/c11-7-3-1-6(2-4-7)8-5-15-9(16-8)10(12,13)14/h1-5H. The second-order valence-electron chi connectivity index (χ2n) is 3.03. The molecule has 0 saturated carbocycles. The van der Waals surface area contributed by atoms with Crippen molar-refractivity contribution in [2.75, 3.05) is 0 Å². The van der Waals surface area contributed by atoms with Crippen molar-refractivity contribution in [1.29, 1.82) is 0 Å². The van der Waals surface area contributed by atoms with Gasteiger partial charge >= 0.3 is 12.1 Å². The monoisotopic (exact) mass is 291 g/mol. The molecule has 0 saturated heterocycles. The average Bonchev–Trinajstić information content (AvgIpc) is 2.67. The molecule has 1 heterocycles. The summed E-state index contributed by atoms with van der Waals surface area (Å²) in [5, 5.41) is 0. The van der Waals surface area contributed by atoms with Gasteiger partial charge in [-0.05, 0) is 12.1 Å². The molecule has 0 N–H and O–H groups in total. The minimum Gasteiger partial charge on any atom is -0.433 e. The number of rotatable bonds is 1. The Bertz CT molecular complexity index is 490. The fourth-order valence-electron chi connectivity index (χ4n) is 1.15. The molecule has 0 radical (unpaired) electrons. The summed E-state index contributed by atoms with van der Waals surface area (Å²) >= 11 is 3.23. The third-order valence-electron chi connectivity index (χ3n) is 1.88. The van der Waals surface area contributed by atoms with E-state index in [2.05, 4.69) is 25.3 Å². The van der Waals surface area contributed by atoms with Crippen LogP contribution in [0.5, 0.6) is 0 Å². The molecule has 0 atom stereocenters. The van der Waals surface area contributed by atoms with Gasteiger partial charge in [-0.15, -0.1) is 0 Å². The van der Waals surface area contributed by atoms with Crippen molar-refractivity contribution >= 4 is 15.9 Å². The lowest BCUT2D eigenvalue weighted by Gasteiger charge is -1.99. The normalized spacial score (nSPS) is 11.8. The summed E-state index contributed by atoms with van der Waals surface area (Å²) in [5.74, 6) is -1.13. The van der Waals surface area contributed by atoms with Crippen LogP contribution < -0.4 is 0 Å². The van der Waals surface area contributed by atoms with Crippen LogP contribution >= 0.6 is 15.9 Å². The van der Waals surface area contributed by atoms with Gasteiger partial charge < -0.3 is 4.42 Å². The summed E-state index contributed by atoms with van der Waals surface area (Å²) in [6.07, 6.45) is -3.49. The van der Waals surface area contributed by atoms with Gasteiger partial charge in [-0.2, -0.15) is 13.2 Å². The molecule has 0 bridgehead atoms. The summed E-state index contributed by atoms with van der Waals surface area (Å²) < 4.78 is 42.1. The number of benzene rings is 1. The van der Waals surface area contributed by atoms with E-state index in [4.69, 9.17) is 0 Å². The topological polar surface area (TPSA) is 26.0 Å². The Morgan fingerprint density at radius 1 is 1.12 bits per heavy atom. The molecule has 0 aliphatic carbocycles. The number of nitrogens with zero attached hydrogens (tertiary/aromatic N) is 1. The Hall–Kier alpha value is -1.30. The Balaban J connectivity index is 2.35. The predicted octanol–water partition coefficient (Wildman–Crippen LogP) is 4.12. The molecule has 1 aromatic heterocycles. The quantitative estimate of drug-likeness (QED) is 0.790. The molecule has 6 heteroatoms. The molecule has 84 valence electrons. The van der Waals surface area contributed by atoms with Crippen molar-refractivity contribution < 1.29 is 17.6 Å². The van der Waals surface area contributed by atoms with E-state index in [1.54, 1.807) is 24.3 Å². The number of aromatic nitrogens is 1. The minimum absolute atomic E-state index is 0.0971. The van der Waals surface area contributed by atoms with Crippen LogP contribution in [0.25, 0.3) is 11.3 Å². The number of alkyl halides is 3. The van der Waals surface area contributed by atoms with Crippen molar-refractivity contribution in [1.82, 2.24) is 4.98 Å². The van der Waals surface area contributed by atoms with E-state index >= 15 is 0 Å². The first-order chi connectivity index (χ1) is 7.47. The van der Waals surface area contributed by atoms with Gasteiger partial charge in [-0.1, -0.05) is 28.1 Å². The van der Waals surface area contributed by atoms with Crippen molar-refractivity contribution in [3.05, 3.63) is 40.8 Å². The number of oxazole rings is 1. The molecule has 0 aliphatic rings. The van der Waals surface area contributed by atoms with Crippen LogP contribution in [-0.4, -0.2) is 4.98 Å². The van der Waals surface area contributed by atoms with E-state index in [1.165, 1.54) is 0 Å². The van der Waals surface area contributed by atoms with Gasteiger partial charge in [0.05, 0.1) is 6.20 Å². The summed E-state index contributed by atoms with van der Waals surface area (Å²) in [6.45, 7) is 0. The third kappa shape index (κ3) is 2.27. The lowest BCUT2D eigenvalue weighted by atomic mass is 10.2. The highest BCUT2D eigenvalue weighted by Crippen LogP contribution is 2.31. The second-order valence-corrected chi connectivity index (χ2v) is 3.95. The molecule has 0 aliphatic heterocycles. The van der Waals surface area contributed by atoms with E-state index in [0.29, 0.717) is 5.56 Å². The zero-order valence-corrected chi connectivity index (χ0v) is 9.34. The fourth-order valence-corrected chi connectivity index (χ4v) is 1.42. The van der Waals surface area contributed by atoms with Gasteiger partial charge in [0.25, 0.3) is 0 Å². The maximum absolute atomic E-state index is 12.2. The zero-order chi connectivity index (χ0) is 11.8. The average molecular weight is 292 g/mol. The molecule has 0 spiro atoms. The molecule has 2 rings (SSSR count). The van der Waals surface area contributed by atoms with Crippen LogP contribution in [0.15, 0.2) is 39.4 Å². The molecular weight excluding hydrogens is 287 g/mol. The van der Waals surface area contributed by atoms with Crippen LogP contribution in [-0.2, 0) is 6.18 Å². The molecule has 0 amide bonds. The molecule has 2 aromatic rings. The van der Waals surface area contributed by atoms with Crippen LogP contribution in [0.2, 0.25) is 0 Å². The number of hydrogen-bond acceptors (Lipinski definition) is 2. The molecule has 0 unspecified atom stereocenters. The van der Waals surface area contributed by atoms with Crippen LogP contribution in [0.3, 0.4) is 0 Å². The summed E-state index contributed by atoms with van der Waals surface area (Å²) in [4.78, 5) is 3.18. The molecule has 1 aromatic carbocycles. The first-order valence-corrected chi connectivity index (χ1v) is 5.05. The summed E-state index contributed by atoms with van der Waals surface area (Å²) in [5.41, 5.74) is 0.547. The van der Waals surface area contributed by atoms with Gasteiger partial charge in [0, 0.05) is 10.0 Å². The van der Waals surface area contributed by atoms with Crippen molar-refractivity contribution in [3.63, 3.8) is 0 Å². The highest BCUT2D eigenvalue weighted by molar-refractivity contribution is 9.10. The summed E-state index contributed by atoms with van der Waals surface area (Å²) in [7, 11) is 0. The van der Waals surface area contributed by atoms with Gasteiger partial charge in [0.15, 0.2) is 5.76 Å². The van der Waals surface area contributed by atoms with E-state index in [0.717, 1.165) is 10.7 Å². The Morgan fingerprint density at radius 3 is 2.25 bits per heavy atom. The highest BCUT2D eigenvalue weighted by Gasteiger charge is 2.37. The SMILES string of the molecule is FC(F)(F)c1ncc(-c2ccc(Br)cc2)o1. The Kier molecular flexibility index (Phi) is 2.75. The van der Waals surface area contributed by atoms with Crippen LogP contribution in [0.4, 0.5) is 13.2 Å². The predicted molar refractivity (Wildman–Crippen MR) is 54.6 cm³/mol. The van der Waals surface area contributed by atoms with Crippen LogP contribution in [0.1, 0.15) is 5.89 Å². The smallest absolute Gasteiger partial charge is 0.433 e. The zero-order valence-electron chi connectivity index (χ0n) is 7.75. The van der Waals surface area contributed by atoms with Crippen molar-refractivity contribution in [3.8, 4) is 11.3 Å². The minimum atomic E-state index is -4.55. The number of hydrogen-bond donors (Lipinski definition) is 0. The van der Waals surface area contributed by atoms with Crippen molar-refractivity contribution in [2.45, 2.75) is 6.18 Å². The second kappa shape index (κ2) is 3.93. The van der Waals surface area contributed by atoms with Crippen molar-refractivity contribution in [2.24, 2.45) is 0 Å². The summed E-state index contributed by atoms with van der Waals surface area (Å²) in [6, 6.07) is 6.71. The molecule has 2 nitrogen and oxygen atoms in total. The maximum Gasteiger partial charge on any atom is 0.468 e. The largest absolute Gasteiger partial charge is 0.468 e. The Labute approximate surface area is 97.2 Å². The first-order valence-electron chi connectivity index (χ1n) is 4.26. The van der Waals surface area contributed by atoms with Gasteiger partial charge in [0.2, 0.25) is 0 Å². The number of halogens is 4. The fraction of sp³-hybridized carbons (Fsp3) is 0.100. The van der Waals surface area contributed by atoms with E-state index in [1.807, 2.05) is 0 Å². The van der Waals surface area contributed by atoms with Gasteiger partial charge in [-0.25, -0.2) is 4.98 Å². The van der Waals surface area contributed by atoms with Gasteiger partial charge in [0.1, 0.15) is 0 Å². The molecular formula is C10H5BrF3NO. The van der Waals surface area contributed by atoms with E-state index in [-0.39, 0.29) is 5.76 Å². The van der Waals surface area contributed by atoms with E-state index in [9.17, 15) is 13.2 Å². The van der Waals surface area contributed by atoms with E-state index < -0.39 is 12.1 Å². The highest BCUT2D eigenvalue weighted by atomic mass is 79.9. The lowest BCUT2D eigenvalue weighted by molar-refractivity contribution is -0.156. The van der Waals surface area contributed by atoms with Gasteiger partial charge in [-0.3, -0.25) is 0 Å². The maximum atomic E-state index is 12.2. The lowest BCUT2D eigenvalue weighted by Crippen LogP contribution is -2.04. The van der Waals surface area contributed by atoms with Crippen LogP contribution in [0, 0.1) is 0 Å². The third-order valence-corrected chi connectivity index (χ3v) is 2.41. The molecule has 16 heavy (non-hydrogen) atoms.